The van der Waals surface area contributed by atoms with Gasteiger partial charge in [0, 0.05) is 31.7 Å². The smallest absolute Gasteiger partial charge is 0.253 e. The maximum absolute atomic E-state index is 12.7. The number of amides is 3. The first-order valence-corrected chi connectivity index (χ1v) is 9.86. The maximum Gasteiger partial charge on any atom is 0.253 e. The van der Waals surface area contributed by atoms with E-state index in [1.807, 2.05) is 20.8 Å². The van der Waals surface area contributed by atoms with Gasteiger partial charge in [0.25, 0.3) is 5.91 Å². The molecule has 2 saturated heterocycles. The molecule has 3 rings (SSSR count). The second-order valence-corrected chi connectivity index (χ2v) is 8.46. The van der Waals surface area contributed by atoms with Gasteiger partial charge in [0.15, 0.2) is 0 Å². The van der Waals surface area contributed by atoms with Crippen LogP contribution in [0.3, 0.4) is 0 Å². The lowest BCUT2D eigenvalue weighted by molar-refractivity contribution is -0.131. The lowest BCUT2D eigenvalue weighted by Crippen LogP contribution is -2.42. The molecule has 0 unspecified atom stereocenters. The van der Waals surface area contributed by atoms with Crippen LogP contribution in [0.25, 0.3) is 0 Å². The molecule has 2 N–H and O–H groups in total. The van der Waals surface area contributed by atoms with E-state index in [0.29, 0.717) is 24.3 Å². The number of hydrogen-bond acceptors (Lipinski definition) is 4. The zero-order valence-corrected chi connectivity index (χ0v) is 16.8. The van der Waals surface area contributed by atoms with Crippen molar-refractivity contribution in [3.05, 3.63) is 29.8 Å². The first-order chi connectivity index (χ1) is 13.3. The molecule has 0 saturated carbocycles. The molecule has 152 valence electrons. The van der Waals surface area contributed by atoms with Crippen LogP contribution in [0.5, 0.6) is 0 Å². The van der Waals surface area contributed by atoms with Gasteiger partial charge < -0.3 is 20.3 Å². The van der Waals surface area contributed by atoms with Crippen LogP contribution >= 0.6 is 0 Å². The van der Waals surface area contributed by atoms with Crippen molar-refractivity contribution in [3.8, 4) is 0 Å². The number of nitrogens with zero attached hydrogens (tertiary/aromatic N) is 1. The van der Waals surface area contributed by atoms with Gasteiger partial charge >= 0.3 is 0 Å². The van der Waals surface area contributed by atoms with E-state index in [0.717, 1.165) is 19.4 Å². The standard InChI is InChI=1S/C21H29N3O4/c1-21(2,3)24-13-14(11-18(24)25)19(26)23-17-9-5-4-8-16(17)20(27)22-12-15-7-6-10-28-15/h4-5,8-9,14-15H,6-7,10-13H2,1-3H3,(H,22,27)(H,23,26)/t14-,15-/m0/s1. The molecule has 0 aliphatic carbocycles. The van der Waals surface area contributed by atoms with Crippen molar-refractivity contribution in [2.24, 2.45) is 5.92 Å². The summed E-state index contributed by atoms with van der Waals surface area (Å²) in [5, 5.41) is 5.72. The molecule has 7 heteroatoms. The van der Waals surface area contributed by atoms with E-state index < -0.39 is 5.92 Å². The molecule has 2 aliphatic rings. The highest BCUT2D eigenvalue weighted by molar-refractivity contribution is 6.05. The van der Waals surface area contributed by atoms with E-state index in [9.17, 15) is 14.4 Å². The number of nitrogens with one attached hydrogen (secondary N) is 2. The number of benzene rings is 1. The highest BCUT2D eigenvalue weighted by Gasteiger charge is 2.39. The van der Waals surface area contributed by atoms with Gasteiger partial charge in [-0.2, -0.15) is 0 Å². The molecule has 28 heavy (non-hydrogen) atoms. The summed E-state index contributed by atoms with van der Waals surface area (Å²) in [6, 6.07) is 6.92. The van der Waals surface area contributed by atoms with Gasteiger partial charge in [-0.25, -0.2) is 0 Å². The normalized spacial score (nSPS) is 22.4. The third-order valence-corrected chi connectivity index (χ3v) is 5.25. The van der Waals surface area contributed by atoms with Gasteiger partial charge in [0.2, 0.25) is 11.8 Å². The summed E-state index contributed by atoms with van der Waals surface area (Å²) in [6.45, 7) is 7.45. The van der Waals surface area contributed by atoms with E-state index in [-0.39, 0.29) is 35.8 Å². The van der Waals surface area contributed by atoms with Crippen molar-refractivity contribution in [3.63, 3.8) is 0 Å². The van der Waals surface area contributed by atoms with Crippen LogP contribution in [-0.2, 0) is 14.3 Å². The first kappa shape index (κ1) is 20.3. The summed E-state index contributed by atoms with van der Waals surface area (Å²) in [5.74, 6) is -0.922. The molecule has 7 nitrogen and oxygen atoms in total. The number of anilines is 1. The number of carbonyl (C=O) groups is 3. The first-order valence-electron chi connectivity index (χ1n) is 9.86. The van der Waals surface area contributed by atoms with Crippen LogP contribution in [0.2, 0.25) is 0 Å². The fourth-order valence-corrected chi connectivity index (χ4v) is 3.66. The van der Waals surface area contributed by atoms with Gasteiger partial charge in [-0.05, 0) is 45.7 Å². The Morgan fingerprint density at radius 3 is 2.64 bits per heavy atom. The zero-order valence-electron chi connectivity index (χ0n) is 16.8. The minimum Gasteiger partial charge on any atom is -0.376 e. The fourth-order valence-electron chi connectivity index (χ4n) is 3.66. The molecular weight excluding hydrogens is 358 g/mol. The van der Waals surface area contributed by atoms with E-state index in [2.05, 4.69) is 10.6 Å². The molecule has 3 amide bonds. The lowest BCUT2D eigenvalue weighted by atomic mass is 10.1. The Hall–Kier alpha value is -2.41. The number of para-hydroxylation sites is 1. The molecular formula is C21H29N3O4. The molecule has 0 radical (unpaired) electrons. The minimum absolute atomic E-state index is 0.0183. The summed E-state index contributed by atoms with van der Waals surface area (Å²) in [7, 11) is 0. The lowest BCUT2D eigenvalue weighted by Gasteiger charge is -2.31. The van der Waals surface area contributed by atoms with Crippen molar-refractivity contribution in [2.45, 2.75) is 51.7 Å². The maximum atomic E-state index is 12.7. The van der Waals surface area contributed by atoms with Crippen LogP contribution in [0.4, 0.5) is 5.69 Å². The summed E-state index contributed by atoms with van der Waals surface area (Å²) < 4.78 is 5.53. The summed E-state index contributed by atoms with van der Waals surface area (Å²) >= 11 is 0. The minimum atomic E-state index is -0.422. The van der Waals surface area contributed by atoms with Crippen LogP contribution in [0, 0.1) is 5.92 Å². The Morgan fingerprint density at radius 1 is 1.25 bits per heavy atom. The topological polar surface area (TPSA) is 87.7 Å². The molecule has 2 heterocycles. The highest BCUT2D eigenvalue weighted by atomic mass is 16.5. The zero-order chi connectivity index (χ0) is 20.3. The summed E-state index contributed by atoms with van der Waals surface area (Å²) in [6.07, 6.45) is 2.20. The van der Waals surface area contributed by atoms with Crippen molar-refractivity contribution in [1.29, 1.82) is 0 Å². The molecule has 2 aliphatic heterocycles. The number of likely N-dealkylation sites (tertiary alicyclic amines) is 1. The number of ether oxygens (including phenoxy) is 1. The number of hydrogen-bond donors (Lipinski definition) is 2. The Balaban J connectivity index is 1.63. The predicted octanol–water partition coefficient (Wildman–Crippen LogP) is 2.18. The molecule has 0 bridgehead atoms. The van der Waals surface area contributed by atoms with Crippen LogP contribution in [0.15, 0.2) is 24.3 Å². The Bertz CT molecular complexity index is 750. The second kappa shape index (κ2) is 8.31. The average Bonchev–Trinajstić information content (AvgIpc) is 3.29. The van der Waals surface area contributed by atoms with E-state index in [1.165, 1.54) is 0 Å². The van der Waals surface area contributed by atoms with Gasteiger partial charge in [-0.3, -0.25) is 14.4 Å². The van der Waals surface area contributed by atoms with Gasteiger partial charge in [0.1, 0.15) is 0 Å². The van der Waals surface area contributed by atoms with E-state index in [4.69, 9.17) is 4.74 Å². The van der Waals surface area contributed by atoms with E-state index >= 15 is 0 Å². The van der Waals surface area contributed by atoms with Gasteiger partial charge in [-0.15, -0.1) is 0 Å². The summed E-state index contributed by atoms with van der Waals surface area (Å²) in [4.78, 5) is 39.3. The number of rotatable bonds is 5. The van der Waals surface area contributed by atoms with Crippen LogP contribution in [-0.4, -0.2) is 54.0 Å². The SMILES string of the molecule is CC(C)(C)N1C[C@@H](C(=O)Nc2ccccc2C(=O)NC[C@@H]2CCCO2)CC1=O. The molecule has 1 aromatic rings. The molecule has 1 aromatic carbocycles. The Labute approximate surface area is 165 Å². The predicted molar refractivity (Wildman–Crippen MR) is 106 cm³/mol. The molecule has 2 fully saturated rings. The fraction of sp³-hybridized carbons (Fsp3) is 0.571. The Kier molecular flexibility index (Phi) is 6.03. The van der Waals surface area contributed by atoms with E-state index in [1.54, 1.807) is 29.2 Å². The van der Waals surface area contributed by atoms with Gasteiger partial charge in [-0.1, -0.05) is 12.1 Å². The van der Waals surface area contributed by atoms with Crippen molar-refractivity contribution < 1.29 is 19.1 Å². The monoisotopic (exact) mass is 387 g/mol. The van der Waals surface area contributed by atoms with Crippen LogP contribution < -0.4 is 10.6 Å². The van der Waals surface area contributed by atoms with Crippen molar-refractivity contribution >= 4 is 23.4 Å². The van der Waals surface area contributed by atoms with Gasteiger partial charge in [0.05, 0.1) is 23.3 Å². The number of carbonyl (C=O) groups excluding carboxylic acids is 3. The van der Waals surface area contributed by atoms with Crippen molar-refractivity contribution in [1.82, 2.24) is 10.2 Å². The third kappa shape index (κ3) is 4.70. The quantitative estimate of drug-likeness (QED) is 0.811. The molecule has 0 spiro atoms. The van der Waals surface area contributed by atoms with Crippen LogP contribution in [0.1, 0.15) is 50.4 Å². The molecule has 0 aromatic heterocycles. The second-order valence-electron chi connectivity index (χ2n) is 8.46. The molecule has 2 atom stereocenters. The average molecular weight is 387 g/mol. The summed E-state index contributed by atoms with van der Waals surface area (Å²) in [5.41, 5.74) is 0.552. The van der Waals surface area contributed by atoms with Crippen molar-refractivity contribution in [2.75, 3.05) is 25.0 Å². The Morgan fingerprint density at radius 2 is 2.00 bits per heavy atom. The largest absolute Gasteiger partial charge is 0.376 e. The third-order valence-electron chi connectivity index (χ3n) is 5.25. The highest BCUT2D eigenvalue weighted by Crippen LogP contribution is 2.27.